The van der Waals surface area contributed by atoms with E-state index in [1.165, 1.54) is 0 Å². The Kier molecular flexibility index (Phi) is 3.61. The van der Waals surface area contributed by atoms with Crippen LogP contribution in [-0.4, -0.2) is 25.1 Å². The third-order valence-corrected chi connectivity index (χ3v) is 3.66. The molecule has 1 aliphatic carbocycles. The van der Waals surface area contributed by atoms with Gasteiger partial charge in [0.05, 0.1) is 24.6 Å². The van der Waals surface area contributed by atoms with Crippen molar-refractivity contribution in [3.8, 4) is 11.5 Å². The summed E-state index contributed by atoms with van der Waals surface area (Å²) in [5.74, 6) is 1.04. The minimum absolute atomic E-state index is 0.171. The number of anilines is 1. The topological polar surface area (TPSA) is 73.6 Å². The zero-order valence-electron chi connectivity index (χ0n) is 10.9. The fourth-order valence-electron chi connectivity index (χ4n) is 1.84. The van der Waals surface area contributed by atoms with Crippen molar-refractivity contribution in [1.29, 1.82) is 0 Å². The van der Waals surface area contributed by atoms with E-state index in [-0.39, 0.29) is 10.9 Å². The molecule has 0 heterocycles. The molecule has 0 bridgehead atoms. The zero-order valence-corrected chi connectivity index (χ0v) is 11.7. The molecule has 1 aromatic rings. The highest BCUT2D eigenvalue weighted by molar-refractivity contribution is 7.80. The lowest BCUT2D eigenvalue weighted by Crippen LogP contribution is -2.35. The van der Waals surface area contributed by atoms with E-state index in [0.717, 1.165) is 0 Å². The van der Waals surface area contributed by atoms with Gasteiger partial charge in [0, 0.05) is 23.9 Å². The summed E-state index contributed by atoms with van der Waals surface area (Å²) in [4.78, 5) is 12.4. The van der Waals surface area contributed by atoms with Gasteiger partial charge in [-0.2, -0.15) is 0 Å². The highest BCUT2D eigenvalue weighted by atomic mass is 32.1. The molecule has 2 rings (SSSR count). The first-order valence-electron chi connectivity index (χ1n) is 5.86. The van der Waals surface area contributed by atoms with Gasteiger partial charge >= 0.3 is 0 Å². The molecule has 0 aliphatic heterocycles. The first kappa shape index (κ1) is 13.6. The number of ether oxygens (including phenoxy) is 2. The van der Waals surface area contributed by atoms with E-state index >= 15 is 0 Å². The van der Waals surface area contributed by atoms with Gasteiger partial charge in [0.2, 0.25) is 5.91 Å². The van der Waals surface area contributed by atoms with Gasteiger partial charge in [-0.3, -0.25) is 4.79 Å². The number of hydrogen-bond donors (Lipinski definition) is 2. The van der Waals surface area contributed by atoms with E-state index in [2.05, 4.69) is 5.32 Å². The van der Waals surface area contributed by atoms with E-state index in [9.17, 15) is 4.79 Å². The Hall–Kier alpha value is -1.82. The Morgan fingerprint density at radius 2 is 1.79 bits per heavy atom. The predicted octanol–water partition coefficient (Wildman–Crippen LogP) is 1.71. The molecule has 1 aliphatic rings. The molecular weight excluding hydrogens is 264 g/mol. The summed E-state index contributed by atoms with van der Waals surface area (Å²) in [7, 11) is 3.11. The van der Waals surface area contributed by atoms with E-state index in [0.29, 0.717) is 30.0 Å². The van der Waals surface area contributed by atoms with Crippen LogP contribution in [0.15, 0.2) is 18.2 Å². The highest BCUT2D eigenvalue weighted by Crippen LogP contribution is 2.47. The van der Waals surface area contributed by atoms with Crippen molar-refractivity contribution in [3.05, 3.63) is 18.2 Å². The second kappa shape index (κ2) is 5.05. The van der Waals surface area contributed by atoms with Crippen molar-refractivity contribution in [3.63, 3.8) is 0 Å². The Balaban J connectivity index is 2.19. The molecule has 19 heavy (non-hydrogen) atoms. The van der Waals surface area contributed by atoms with Crippen molar-refractivity contribution >= 4 is 28.8 Å². The number of rotatable bonds is 5. The summed E-state index contributed by atoms with van der Waals surface area (Å²) in [6, 6.07) is 5.17. The van der Waals surface area contributed by atoms with Gasteiger partial charge in [0.25, 0.3) is 0 Å². The quantitative estimate of drug-likeness (QED) is 0.803. The number of hydrogen-bond acceptors (Lipinski definition) is 4. The molecular formula is C13H16N2O3S. The zero-order chi connectivity index (χ0) is 14.0. The maximum absolute atomic E-state index is 12.2. The normalized spacial score (nSPS) is 15.5. The van der Waals surface area contributed by atoms with Gasteiger partial charge in [-0.15, -0.1) is 0 Å². The van der Waals surface area contributed by atoms with E-state index < -0.39 is 5.41 Å². The van der Waals surface area contributed by atoms with Crippen LogP contribution in [0.1, 0.15) is 12.8 Å². The predicted molar refractivity (Wildman–Crippen MR) is 76.6 cm³/mol. The molecule has 1 fully saturated rings. The van der Waals surface area contributed by atoms with Gasteiger partial charge < -0.3 is 20.5 Å². The first-order chi connectivity index (χ1) is 9.01. The molecule has 1 amide bonds. The summed E-state index contributed by atoms with van der Waals surface area (Å²) in [6.45, 7) is 0. The van der Waals surface area contributed by atoms with Crippen LogP contribution in [0.5, 0.6) is 11.5 Å². The third-order valence-electron chi connectivity index (χ3n) is 3.27. The van der Waals surface area contributed by atoms with Crippen LogP contribution in [0.4, 0.5) is 5.69 Å². The highest BCUT2D eigenvalue weighted by Gasteiger charge is 2.52. The van der Waals surface area contributed by atoms with Gasteiger partial charge in [0.1, 0.15) is 11.5 Å². The lowest BCUT2D eigenvalue weighted by atomic mass is 10.1. The van der Waals surface area contributed by atoms with Crippen LogP contribution in [0.3, 0.4) is 0 Å². The number of nitrogens with one attached hydrogen (secondary N) is 1. The van der Waals surface area contributed by atoms with Crippen LogP contribution in [0.25, 0.3) is 0 Å². The molecule has 3 N–H and O–H groups in total. The van der Waals surface area contributed by atoms with Crippen molar-refractivity contribution in [2.45, 2.75) is 12.8 Å². The van der Waals surface area contributed by atoms with Crippen LogP contribution in [0, 0.1) is 5.41 Å². The molecule has 1 aromatic carbocycles. The van der Waals surface area contributed by atoms with Crippen LogP contribution in [0.2, 0.25) is 0 Å². The third kappa shape index (κ3) is 2.63. The summed E-state index contributed by atoms with van der Waals surface area (Å²) >= 11 is 4.95. The van der Waals surface area contributed by atoms with Crippen molar-refractivity contribution in [2.24, 2.45) is 11.1 Å². The van der Waals surface area contributed by atoms with Crippen molar-refractivity contribution in [1.82, 2.24) is 0 Å². The Morgan fingerprint density at radius 1 is 1.26 bits per heavy atom. The molecule has 0 unspecified atom stereocenters. The van der Waals surface area contributed by atoms with Gasteiger partial charge in [-0.25, -0.2) is 0 Å². The van der Waals surface area contributed by atoms with Crippen LogP contribution in [-0.2, 0) is 4.79 Å². The van der Waals surface area contributed by atoms with Crippen LogP contribution >= 0.6 is 12.2 Å². The van der Waals surface area contributed by atoms with Crippen molar-refractivity contribution in [2.75, 3.05) is 19.5 Å². The molecule has 1 saturated carbocycles. The molecule has 0 radical (unpaired) electrons. The summed E-state index contributed by atoms with van der Waals surface area (Å²) in [5, 5.41) is 2.81. The summed E-state index contributed by atoms with van der Waals surface area (Å²) in [6.07, 6.45) is 1.41. The van der Waals surface area contributed by atoms with E-state index in [1.807, 2.05) is 0 Å². The maximum atomic E-state index is 12.2. The Morgan fingerprint density at radius 3 is 2.16 bits per heavy atom. The monoisotopic (exact) mass is 280 g/mol. The minimum Gasteiger partial charge on any atom is -0.497 e. The lowest BCUT2D eigenvalue weighted by Gasteiger charge is -2.15. The Bertz CT molecular complexity index is 504. The average Bonchev–Trinajstić information content (AvgIpc) is 3.19. The molecule has 0 saturated heterocycles. The second-order valence-electron chi connectivity index (χ2n) is 4.50. The molecule has 5 nitrogen and oxygen atoms in total. The van der Waals surface area contributed by atoms with E-state index in [4.69, 9.17) is 27.4 Å². The molecule has 0 aromatic heterocycles. The number of nitrogens with two attached hydrogens (primary N) is 1. The maximum Gasteiger partial charge on any atom is 0.237 e. The number of amides is 1. The van der Waals surface area contributed by atoms with E-state index in [1.54, 1.807) is 32.4 Å². The standard InChI is InChI=1S/C13H16N2O3S/c1-17-9-5-8(6-10(7-9)18-2)15-12(16)13(3-4-13)11(14)19/h5-7H,3-4H2,1-2H3,(H2,14,19)(H,15,16). The second-order valence-corrected chi connectivity index (χ2v) is 4.94. The number of benzene rings is 1. The molecule has 0 atom stereocenters. The molecule has 6 heteroatoms. The van der Waals surface area contributed by atoms with Gasteiger partial charge in [0.15, 0.2) is 0 Å². The summed E-state index contributed by atoms with van der Waals surface area (Å²) < 4.78 is 10.3. The number of methoxy groups -OCH3 is 2. The number of thiocarbonyl (C=S) groups is 1. The SMILES string of the molecule is COc1cc(NC(=O)C2(C(N)=S)CC2)cc(OC)c1. The largest absolute Gasteiger partial charge is 0.497 e. The fourth-order valence-corrected chi connectivity index (χ4v) is 2.14. The minimum atomic E-state index is -0.675. The number of carbonyl (C=O) groups is 1. The smallest absolute Gasteiger partial charge is 0.237 e. The molecule has 0 spiro atoms. The van der Waals surface area contributed by atoms with Crippen molar-refractivity contribution < 1.29 is 14.3 Å². The van der Waals surface area contributed by atoms with Crippen LogP contribution < -0.4 is 20.5 Å². The molecule has 102 valence electrons. The van der Waals surface area contributed by atoms with Gasteiger partial charge in [-0.1, -0.05) is 12.2 Å². The average molecular weight is 280 g/mol. The fraction of sp³-hybridized carbons (Fsp3) is 0.385. The lowest BCUT2D eigenvalue weighted by molar-refractivity contribution is -0.118. The number of carbonyl (C=O) groups excluding carboxylic acids is 1. The first-order valence-corrected chi connectivity index (χ1v) is 6.27. The van der Waals surface area contributed by atoms with Gasteiger partial charge in [-0.05, 0) is 12.8 Å². The summed E-state index contributed by atoms with van der Waals surface area (Å²) in [5.41, 5.74) is 5.55. The Labute approximate surface area is 117 Å².